The molecule has 0 spiro atoms. The summed E-state index contributed by atoms with van der Waals surface area (Å²) in [5.41, 5.74) is 8.00. The number of nitrogens with one attached hydrogen (secondary N) is 1. The van der Waals surface area contributed by atoms with Gasteiger partial charge in [-0.2, -0.15) is 10.2 Å². The van der Waals surface area contributed by atoms with E-state index in [4.69, 9.17) is 5.73 Å². The molecule has 0 atom stereocenters. The van der Waals surface area contributed by atoms with E-state index in [1.54, 1.807) is 23.1 Å². The molecule has 0 aliphatic heterocycles. The monoisotopic (exact) mass is 302 g/mol. The third-order valence-electron chi connectivity index (χ3n) is 3.11. The highest BCUT2D eigenvalue weighted by Gasteiger charge is 2.19. The number of amides is 1. The van der Waals surface area contributed by atoms with E-state index in [-0.39, 0.29) is 5.91 Å². The van der Waals surface area contributed by atoms with Crippen molar-refractivity contribution in [2.45, 2.75) is 13.3 Å². The van der Waals surface area contributed by atoms with E-state index in [2.05, 4.69) is 20.6 Å². The molecule has 7 nitrogen and oxygen atoms in total. The van der Waals surface area contributed by atoms with Crippen LogP contribution < -0.4 is 11.1 Å². The summed E-state index contributed by atoms with van der Waals surface area (Å²) in [7, 11) is 1.82. The molecule has 3 aromatic heterocycles. The lowest BCUT2D eigenvalue weighted by atomic mass is 10.2. The number of rotatable bonds is 3. The van der Waals surface area contributed by atoms with Crippen molar-refractivity contribution in [1.29, 1.82) is 0 Å². The van der Waals surface area contributed by atoms with E-state index >= 15 is 0 Å². The van der Waals surface area contributed by atoms with Crippen LogP contribution in [0.4, 0.5) is 11.4 Å². The van der Waals surface area contributed by atoms with E-state index in [9.17, 15) is 4.79 Å². The molecule has 8 heteroatoms. The molecule has 0 aliphatic rings. The number of nitrogens with two attached hydrogens (primary N) is 1. The first-order valence-corrected chi connectivity index (χ1v) is 7.25. The number of aromatic nitrogens is 4. The number of carbonyl (C=O) groups is 1. The topological polar surface area (TPSA) is 98.7 Å². The standard InChI is InChI=1S/C13H14N6OS/c1-3-8-9(6-19(2)18-8)16-12(20)11-10(14)7-4-5-15-17-13(7)21-11/h4-6H,3,14H2,1-2H3,(H,16,20). The summed E-state index contributed by atoms with van der Waals surface area (Å²) in [6, 6.07) is 1.76. The first-order valence-electron chi connectivity index (χ1n) is 6.43. The van der Waals surface area contributed by atoms with Crippen LogP contribution in [0.25, 0.3) is 10.2 Å². The van der Waals surface area contributed by atoms with Crippen molar-refractivity contribution >= 4 is 38.8 Å². The molecule has 0 saturated heterocycles. The number of anilines is 2. The number of nitrogens with zero attached hydrogens (tertiary/aromatic N) is 4. The van der Waals surface area contributed by atoms with Gasteiger partial charge in [0.15, 0.2) is 0 Å². The molecule has 0 bridgehead atoms. The second kappa shape index (κ2) is 5.13. The lowest BCUT2D eigenvalue weighted by Gasteiger charge is -2.03. The van der Waals surface area contributed by atoms with Crippen LogP contribution in [0.2, 0.25) is 0 Å². The Bertz CT molecular complexity index is 821. The van der Waals surface area contributed by atoms with Gasteiger partial charge in [-0.05, 0) is 12.5 Å². The Labute approximate surface area is 124 Å². The summed E-state index contributed by atoms with van der Waals surface area (Å²) in [5, 5.41) is 15.7. The smallest absolute Gasteiger partial charge is 0.268 e. The fourth-order valence-electron chi connectivity index (χ4n) is 2.12. The highest BCUT2D eigenvalue weighted by atomic mass is 32.1. The minimum absolute atomic E-state index is 0.252. The van der Waals surface area contributed by atoms with Crippen LogP contribution in [0.15, 0.2) is 18.5 Å². The van der Waals surface area contributed by atoms with E-state index < -0.39 is 0 Å². The molecule has 0 radical (unpaired) electrons. The zero-order chi connectivity index (χ0) is 15.0. The van der Waals surface area contributed by atoms with Gasteiger partial charge in [0.25, 0.3) is 5.91 Å². The van der Waals surface area contributed by atoms with Crippen molar-refractivity contribution in [2.24, 2.45) is 7.05 Å². The van der Waals surface area contributed by atoms with Crippen LogP contribution in [0, 0.1) is 0 Å². The van der Waals surface area contributed by atoms with Crippen LogP contribution >= 0.6 is 11.3 Å². The van der Waals surface area contributed by atoms with E-state index in [0.717, 1.165) is 17.5 Å². The van der Waals surface area contributed by atoms with Crippen molar-refractivity contribution in [1.82, 2.24) is 20.0 Å². The average Bonchev–Trinajstić information content (AvgIpc) is 3.00. The van der Waals surface area contributed by atoms with E-state index in [1.165, 1.54) is 11.3 Å². The average molecular weight is 302 g/mol. The quantitative estimate of drug-likeness (QED) is 0.769. The highest BCUT2D eigenvalue weighted by Crippen LogP contribution is 2.32. The zero-order valence-corrected chi connectivity index (χ0v) is 12.4. The summed E-state index contributed by atoms with van der Waals surface area (Å²) in [6.45, 7) is 1.99. The Kier molecular flexibility index (Phi) is 3.30. The molecule has 3 rings (SSSR count). The van der Waals surface area contributed by atoms with Crippen molar-refractivity contribution in [3.05, 3.63) is 29.0 Å². The van der Waals surface area contributed by atoms with Gasteiger partial charge < -0.3 is 11.1 Å². The van der Waals surface area contributed by atoms with E-state index in [1.807, 2.05) is 14.0 Å². The first kappa shape index (κ1) is 13.5. The second-order valence-corrected chi connectivity index (χ2v) is 5.56. The summed E-state index contributed by atoms with van der Waals surface area (Å²) < 4.78 is 1.67. The Morgan fingerprint density at radius 2 is 2.33 bits per heavy atom. The minimum Gasteiger partial charge on any atom is -0.397 e. The number of aryl methyl sites for hydroxylation is 2. The molecular formula is C13H14N6OS. The summed E-state index contributed by atoms with van der Waals surface area (Å²) in [6.07, 6.45) is 4.08. The molecule has 1 amide bonds. The number of hydrogen-bond donors (Lipinski definition) is 2. The van der Waals surface area contributed by atoms with E-state index in [0.29, 0.717) is 21.1 Å². The normalized spacial score (nSPS) is 11.0. The van der Waals surface area contributed by atoms with Gasteiger partial charge in [0.05, 0.1) is 23.3 Å². The van der Waals surface area contributed by atoms with Crippen LogP contribution in [0.3, 0.4) is 0 Å². The van der Waals surface area contributed by atoms with Gasteiger partial charge in [-0.25, -0.2) is 0 Å². The fraction of sp³-hybridized carbons (Fsp3) is 0.231. The predicted octanol–water partition coefficient (Wildman–Crippen LogP) is 1.82. The van der Waals surface area contributed by atoms with Crippen LogP contribution in [0.5, 0.6) is 0 Å². The number of carbonyl (C=O) groups excluding carboxylic acids is 1. The fourth-order valence-corrected chi connectivity index (χ4v) is 3.05. The molecule has 0 fully saturated rings. The molecule has 0 saturated carbocycles. The molecule has 3 aromatic rings. The summed E-state index contributed by atoms with van der Waals surface area (Å²) >= 11 is 1.23. The molecule has 21 heavy (non-hydrogen) atoms. The van der Waals surface area contributed by atoms with Crippen molar-refractivity contribution in [3.8, 4) is 0 Å². The maximum absolute atomic E-state index is 12.4. The highest BCUT2D eigenvalue weighted by molar-refractivity contribution is 7.21. The largest absolute Gasteiger partial charge is 0.397 e. The maximum atomic E-state index is 12.4. The number of thiophene rings is 1. The number of nitrogen functional groups attached to an aromatic ring is 1. The van der Waals surface area contributed by atoms with Crippen molar-refractivity contribution in [2.75, 3.05) is 11.1 Å². The van der Waals surface area contributed by atoms with Gasteiger partial charge in [-0.15, -0.1) is 16.4 Å². The van der Waals surface area contributed by atoms with Gasteiger partial charge >= 0.3 is 0 Å². The Morgan fingerprint density at radius 3 is 3.05 bits per heavy atom. The number of hydrogen-bond acceptors (Lipinski definition) is 6. The molecule has 3 N–H and O–H groups in total. The third kappa shape index (κ3) is 2.33. The summed E-state index contributed by atoms with van der Waals surface area (Å²) in [4.78, 5) is 13.5. The molecule has 108 valence electrons. The molecule has 0 aromatic carbocycles. The van der Waals surface area contributed by atoms with Gasteiger partial charge in [0, 0.05) is 18.6 Å². The molecule has 3 heterocycles. The first-order chi connectivity index (χ1) is 10.1. The van der Waals surface area contributed by atoms with Gasteiger partial charge in [0.2, 0.25) is 0 Å². The maximum Gasteiger partial charge on any atom is 0.268 e. The Hall–Kier alpha value is -2.48. The zero-order valence-electron chi connectivity index (χ0n) is 11.6. The number of fused-ring (bicyclic) bond motifs is 1. The van der Waals surface area contributed by atoms with Crippen molar-refractivity contribution in [3.63, 3.8) is 0 Å². The SMILES string of the molecule is CCc1nn(C)cc1NC(=O)c1sc2nnccc2c1N. The van der Waals surface area contributed by atoms with Gasteiger partial charge in [0.1, 0.15) is 9.71 Å². The molecular weight excluding hydrogens is 288 g/mol. The molecule has 0 unspecified atom stereocenters. The second-order valence-electron chi connectivity index (χ2n) is 4.57. The molecule has 0 aliphatic carbocycles. The van der Waals surface area contributed by atoms with Crippen LogP contribution in [0.1, 0.15) is 22.3 Å². The Balaban J connectivity index is 1.95. The van der Waals surface area contributed by atoms with Crippen molar-refractivity contribution < 1.29 is 4.79 Å². The van der Waals surface area contributed by atoms with Gasteiger partial charge in [-0.3, -0.25) is 9.48 Å². The minimum atomic E-state index is -0.252. The summed E-state index contributed by atoms with van der Waals surface area (Å²) in [5.74, 6) is -0.252. The Morgan fingerprint density at radius 1 is 1.52 bits per heavy atom. The van der Waals surface area contributed by atoms with Crippen LogP contribution in [-0.2, 0) is 13.5 Å². The third-order valence-corrected chi connectivity index (χ3v) is 4.22. The van der Waals surface area contributed by atoms with Gasteiger partial charge in [-0.1, -0.05) is 6.92 Å². The van der Waals surface area contributed by atoms with Crippen LogP contribution in [-0.4, -0.2) is 25.9 Å². The lowest BCUT2D eigenvalue weighted by molar-refractivity contribution is 0.103. The predicted molar refractivity (Wildman–Crippen MR) is 82.4 cm³/mol. The lowest BCUT2D eigenvalue weighted by Crippen LogP contribution is -2.12.